The second-order valence-electron chi connectivity index (χ2n) is 7.72. The van der Waals surface area contributed by atoms with Crippen LogP contribution in [0.1, 0.15) is 0 Å². The van der Waals surface area contributed by atoms with Gasteiger partial charge in [0.25, 0.3) is 0 Å². The largest absolute Gasteiger partial charge is 0.296 e. The van der Waals surface area contributed by atoms with Gasteiger partial charge in [-0.1, -0.05) is 94.8 Å². The first kappa shape index (κ1) is 19.5. The van der Waals surface area contributed by atoms with Crippen LogP contribution in [0.2, 0.25) is 0 Å². The van der Waals surface area contributed by atoms with Crippen LogP contribution in [0.25, 0.3) is 10.8 Å². The molecule has 1 unspecified atom stereocenters. The Labute approximate surface area is 197 Å². The van der Waals surface area contributed by atoms with Gasteiger partial charge in [-0.05, 0) is 53.2 Å². The zero-order valence-electron chi connectivity index (χ0n) is 17.3. The van der Waals surface area contributed by atoms with Crippen molar-refractivity contribution in [1.82, 2.24) is 0 Å². The third kappa shape index (κ3) is 3.21. The fraction of sp³-hybridized carbons (Fsp3) is 0. The SMILES string of the molecule is Brc1ccc2c(c1)N(c1ccccc1)P(c1cccc3ccccc13)N2c1ccccc1. The lowest BCUT2D eigenvalue weighted by Crippen LogP contribution is -2.22. The molecular weight excluding hydrogens is 475 g/mol. The van der Waals surface area contributed by atoms with Gasteiger partial charge in [0.1, 0.15) is 8.22 Å². The second kappa shape index (κ2) is 8.09. The van der Waals surface area contributed by atoms with Crippen molar-refractivity contribution in [3.05, 3.63) is 126 Å². The van der Waals surface area contributed by atoms with Crippen LogP contribution in [0.4, 0.5) is 22.7 Å². The molecule has 6 rings (SSSR count). The highest BCUT2D eigenvalue weighted by molar-refractivity contribution is 9.10. The third-order valence-corrected chi connectivity index (χ3v) is 8.72. The number of fused-ring (bicyclic) bond motifs is 2. The Morgan fingerprint density at radius 3 is 1.84 bits per heavy atom. The molecule has 0 bridgehead atoms. The molecule has 5 aromatic rings. The van der Waals surface area contributed by atoms with Crippen molar-refractivity contribution >= 4 is 63.0 Å². The number of para-hydroxylation sites is 2. The average molecular weight is 495 g/mol. The van der Waals surface area contributed by atoms with Crippen LogP contribution in [-0.4, -0.2) is 0 Å². The summed E-state index contributed by atoms with van der Waals surface area (Å²) in [5.74, 6) is 0. The number of hydrogen-bond acceptors (Lipinski definition) is 2. The van der Waals surface area contributed by atoms with E-state index in [-0.39, 0.29) is 0 Å². The highest BCUT2D eigenvalue weighted by Crippen LogP contribution is 2.65. The van der Waals surface area contributed by atoms with Gasteiger partial charge in [0, 0.05) is 21.2 Å². The molecule has 1 atom stereocenters. The Morgan fingerprint density at radius 2 is 1.12 bits per heavy atom. The monoisotopic (exact) mass is 494 g/mol. The maximum Gasteiger partial charge on any atom is 0.139 e. The van der Waals surface area contributed by atoms with Gasteiger partial charge >= 0.3 is 0 Å². The van der Waals surface area contributed by atoms with Crippen LogP contribution in [0.3, 0.4) is 0 Å². The van der Waals surface area contributed by atoms with E-state index < -0.39 is 8.22 Å². The van der Waals surface area contributed by atoms with E-state index in [1.165, 1.54) is 38.8 Å². The maximum atomic E-state index is 3.72. The van der Waals surface area contributed by atoms with E-state index in [4.69, 9.17) is 0 Å². The maximum absolute atomic E-state index is 3.72. The quantitative estimate of drug-likeness (QED) is 0.232. The highest BCUT2D eigenvalue weighted by atomic mass is 79.9. The van der Waals surface area contributed by atoms with Gasteiger partial charge in [-0.15, -0.1) is 0 Å². The minimum absolute atomic E-state index is 0.913. The van der Waals surface area contributed by atoms with E-state index in [0.717, 1.165) is 4.47 Å². The number of nitrogens with zero attached hydrogens (tertiary/aromatic N) is 2. The van der Waals surface area contributed by atoms with Gasteiger partial charge in [0.15, 0.2) is 0 Å². The summed E-state index contributed by atoms with van der Waals surface area (Å²) in [5, 5.41) is 3.92. The Balaban J connectivity index is 1.68. The van der Waals surface area contributed by atoms with Crippen LogP contribution in [0.5, 0.6) is 0 Å². The fourth-order valence-electron chi connectivity index (χ4n) is 4.37. The second-order valence-corrected chi connectivity index (χ2v) is 10.5. The molecule has 0 radical (unpaired) electrons. The predicted octanol–water partition coefficient (Wildman–Crippen LogP) is 8.53. The van der Waals surface area contributed by atoms with Crippen LogP contribution >= 0.6 is 24.2 Å². The van der Waals surface area contributed by atoms with Gasteiger partial charge in [0.2, 0.25) is 0 Å². The van der Waals surface area contributed by atoms with Crippen molar-refractivity contribution in [2.24, 2.45) is 0 Å². The molecule has 0 aliphatic carbocycles. The zero-order chi connectivity index (χ0) is 21.5. The first-order chi connectivity index (χ1) is 15.8. The molecule has 1 aliphatic heterocycles. The van der Waals surface area contributed by atoms with E-state index in [9.17, 15) is 0 Å². The molecule has 2 nitrogen and oxygen atoms in total. The summed E-state index contributed by atoms with van der Waals surface area (Å²) < 4.78 is 6.12. The van der Waals surface area contributed by atoms with E-state index in [0.29, 0.717) is 0 Å². The summed E-state index contributed by atoms with van der Waals surface area (Å²) in [6.07, 6.45) is 0. The number of hydrogen-bond donors (Lipinski definition) is 0. The molecule has 1 heterocycles. The van der Waals surface area contributed by atoms with Crippen molar-refractivity contribution in [1.29, 1.82) is 0 Å². The molecule has 0 N–H and O–H groups in total. The normalized spacial score (nSPS) is 15.2. The van der Waals surface area contributed by atoms with Crippen LogP contribution in [0, 0.1) is 0 Å². The Bertz CT molecular complexity index is 1400. The van der Waals surface area contributed by atoms with Crippen molar-refractivity contribution in [3.63, 3.8) is 0 Å². The number of halogens is 1. The van der Waals surface area contributed by atoms with Crippen molar-refractivity contribution in [2.45, 2.75) is 0 Å². The lowest BCUT2D eigenvalue weighted by Gasteiger charge is -2.33. The summed E-state index contributed by atoms with van der Waals surface area (Å²) in [6, 6.07) is 43.5. The molecular formula is C28H20BrN2P. The minimum Gasteiger partial charge on any atom is -0.296 e. The zero-order valence-corrected chi connectivity index (χ0v) is 19.7. The molecule has 0 saturated carbocycles. The minimum atomic E-state index is -0.913. The molecule has 0 aromatic heterocycles. The first-order valence-electron chi connectivity index (χ1n) is 10.6. The predicted molar refractivity (Wildman–Crippen MR) is 142 cm³/mol. The Hall–Kier alpha value is -3.13. The summed E-state index contributed by atoms with van der Waals surface area (Å²) in [5.41, 5.74) is 4.84. The van der Waals surface area contributed by atoms with Gasteiger partial charge in [0.05, 0.1) is 11.4 Å². The van der Waals surface area contributed by atoms with E-state index in [1.807, 2.05) is 0 Å². The molecule has 1 aliphatic rings. The summed E-state index contributed by atoms with van der Waals surface area (Å²) in [7, 11) is -0.913. The smallest absolute Gasteiger partial charge is 0.139 e. The van der Waals surface area contributed by atoms with Gasteiger partial charge in [-0.3, -0.25) is 9.34 Å². The number of benzene rings is 5. The van der Waals surface area contributed by atoms with Crippen LogP contribution in [-0.2, 0) is 0 Å². The van der Waals surface area contributed by atoms with Crippen molar-refractivity contribution in [2.75, 3.05) is 9.34 Å². The fourth-order valence-corrected chi connectivity index (χ4v) is 7.41. The molecule has 0 fully saturated rings. The molecule has 0 amide bonds. The van der Waals surface area contributed by atoms with Gasteiger partial charge < -0.3 is 0 Å². The van der Waals surface area contributed by atoms with E-state index in [2.05, 4.69) is 147 Å². The molecule has 154 valence electrons. The third-order valence-electron chi connectivity index (χ3n) is 5.76. The lowest BCUT2D eigenvalue weighted by molar-refractivity contribution is 1.43. The lowest BCUT2D eigenvalue weighted by atomic mass is 10.1. The Kier molecular flexibility index (Phi) is 4.94. The van der Waals surface area contributed by atoms with Crippen molar-refractivity contribution in [3.8, 4) is 0 Å². The molecule has 32 heavy (non-hydrogen) atoms. The standard InChI is InChI=1S/C28H20BrN2P/c29-22-18-19-26-27(20-22)31(24-14-5-2-6-15-24)32(30(26)23-12-3-1-4-13-23)28-17-9-11-21-10-7-8-16-25(21)28/h1-20H. The summed E-state index contributed by atoms with van der Waals surface area (Å²) in [6.45, 7) is 0. The number of rotatable bonds is 3. The summed E-state index contributed by atoms with van der Waals surface area (Å²) in [4.78, 5) is 0. The molecule has 4 heteroatoms. The van der Waals surface area contributed by atoms with Crippen LogP contribution in [0.15, 0.2) is 126 Å². The topological polar surface area (TPSA) is 6.48 Å². The summed E-state index contributed by atoms with van der Waals surface area (Å²) >= 11 is 3.72. The van der Waals surface area contributed by atoms with Crippen LogP contribution < -0.4 is 14.6 Å². The average Bonchev–Trinajstić information content (AvgIpc) is 3.18. The Morgan fingerprint density at radius 1 is 0.531 bits per heavy atom. The number of anilines is 4. The van der Waals surface area contributed by atoms with E-state index in [1.54, 1.807) is 0 Å². The van der Waals surface area contributed by atoms with Crippen molar-refractivity contribution < 1.29 is 0 Å². The van der Waals surface area contributed by atoms with Gasteiger partial charge in [-0.2, -0.15) is 0 Å². The first-order valence-corrected chi connectivity index (χ1v) is 12.6. The molecule has 5 aromatic carbocycles. The molecule has 0 saturated heterocycles. The molecule has 0 spiro atoms. The highest BCUT2D eigenvalue weighted by Gasteiger charge is 2.40. The van der Waals surface area contributed by atoms with Gasteiger partial charge in [-0.25, -0.2) is 0 Å². The van der Waals surface area contributed by atoms with E-state index >= 15 is 0 Å².